The van der Waals surface area contributed by atoms with E-state index in [1.165, 1.54) is 6.42 Å². The molecule has 3 nitrogen and oxygen atoms in total. The fraction of sp³-hybridized carbons (Fsp3) is 0.909. The van der Waals surface area contributed by atoms with Crippen molar-refractivity contribution in [2.24, 2.45) is 0 Å². The highest BCUT2D eigenvalue weighted by atomic mass is 16.6. The number of carbonyl (C=O) groups excluding carboxylic acids is 1. The molecule has 1 atom stereocenters. The van der Waals surface area contributed by atoms with E-state index in [2.05, 4.69) is 6.92 Å². The van der Waals surface area contributed by atoms with Crippen molar-refractivity contribution >= 4 is 6.09 Å². The van der Waals surface area contributed by atoms with Crippen LogP contribution in [0.2, 0.25) is 0 Å². The van der Waals surface area contributed by atoms with E-state index in [4.69, 9.17) is 4.74 Å². The van der Waals surface area contributed by atoms with Crippen molar-refractivity contribution < 1.29 is 9.53 Å². The number of amides is 1. The number of nitrogens with zero attached hydrogens (tertiary/aromatic N) is 1. The number of rotatable bonds is 3. The first kappa shape index (κ1) is 11.3. The minimum absolute atomic E-state index is 0.120. The normalized spacial score (nSPS) is 22.1. The highest BCUT2D eigenvalue weighted by Gasteiger charge is 2.26. The Morgan fingerprint density at radius 2 is 2.21 bits per heavy atom. The van der Waals surface area contributed by atoms with Crippen LogP contribution in [0, 0.1) is 0 Å². The monoisotopic (exact) mass is 199 g/mol. The zero-order chi connectivity index (χ0) is 10.4. The minimum atomic E-state index is -0.120. The third-order valence-electron chi connectivity index (χ3n) is 2.75. The zero-order valence-corrected chi connectivity index (χ0v) is 9.29. The van der Waals surface area contributed by atoms with Crippen LogP contribution >= 0.6 is 0 Å². The highest BCUT2D eigenvalue weighted by molar-refractivity contribution is 5.68. The first-order valence-corrected chi connectivity index (χ1v) is 5.73. The Morgan fingerprint density at radius 1 is 1.43 bits per heavy atom. The van der Waals surface area contributed by atoms with Gasteiger partial charge in [0.15, 0.2) is 0 Å². The molecule has 1 unspecified atom stereocenters. The molecule has 0 aromatic carbocycles. The van der Waals surface area contributed by atoms with E-state index in [1.54, 1.807) is 0 Å². The topological polar surface area (TPSA) is 29.5 Å². The molecular weight excluding hydrogens is 178 g/mol. The largest absolute Gasteiger partial charge is 0.450 e. The molecule has 0 saturated carbocycles. The zero-order valence-electron chi connectivity index (χ0n) is 9.29. The van der Waals surface area contributed by atoms with E-state index >= 15 is 0 Å². The van der Waals surface area contributed by atoms with Gasteiger partial charge in [0, 0.05) is 12.6 Å². The van der Waals surface area contributed by atoms with Crippen molar-refractivity contribution in [1.29, 1.82) is 0 Å². The molecule has 14 heavy (non-hydrogen) atoms. The van der Waals surface area contributed by atoms with Crippen LogP contribution in [0.5, 0.6) is 0 Å². The molecule has 0 aromatic heterocycles. The number of likely N-dealkylation sites (tertiary alicyclic amines) is 1. The molecule has 1 saturated heterocycles. The van der Waals surface area contributed by atoms with Gasteiger partial charge in [0.1, 0.15) is 0 Å². The lowest BCUT2D eigenvalue weighted by Crippen LogP contribution is -2.43. The van der Waals surface area contributed by atoms with Gasteiger partial charge in [-0.05, 0) is 32.6 Å². The predicted molar refractivity (Wildman–Crippen MR) is 56.3 cm³/mol. The quantitative estimate of drug-likeness (QED) is 0.699. The molecule has 1 rings (SSSR count). The summed E-state index contributed by atoms with van der Waals surface area (Å²) in [7, 11) is 0. The number of hydrogen-bond acceptors (Lipinski definition) is 2. The summed E-state index contributed by atoms with van der Waals surface area (Å²) in [6.45, 7) is 5.38. The van der Waals surface area contributed by atoms with Crippen LogP contribution in [-0.4, -0.2) is 30.2 Å². The minimum Gasteiger partial charge on any atom is -0.450 e. The lowest BCUT2D eigenvalue weighted by molar-refractivity contribution is 0.0743. The highest BCUT2D eigenvalue weighted by Crippen LogP contribution is 2.21. The van der Waals surface area contributed by atoms with Gasteiger partial charge in [-0.2, -0.15) is 0 Å². The summed E-state index contributed by atoms with van der Waals surface area (Å²) in [6, 6.07) is 0.424. The molecule has 0 spiro atoms. The Balaban J connectivity index is 2.48. The third kappa shape index (κ3) is 2.89. The average Bonchev–Trinajstić information content (AvgIpc) is 2.19. The maximum atomic E-state index is 11.6. The summed E-state index contributed by atoms with van der Waals surface area (Å²) in [6.07, 6.45) is 5.65. The van der Waals surface area contributed by atoms with E-state index in [-0.39, 0.29) is 6.09 Å². The van der Waals surface area contributed by atoms with E-state index in [9.17, 15) is 4.79 Å². The van der Waals surface area contributed by atoms with Gasteiger partial charge in [-0.1, -0.05) is 13.3 Å². The van der Waals surface area contributed by atoms with Crippen LogP contribution in [0.4, 0.5) is 4.79 Å². The molecule has 0 radical (unpaired) electrons. The van der Waals surface area contributed by atoms with Gasteiger partial charge in [-0.15, -0.1) is 0 Å². The van der Waals surface area contributed by atoms with Crippen LogP contribution in [0.3, 0.4) is 0 Å². The summed E-state index contributed by atoms with van der Waals surface area (Å²) in [5.41, 5.74) is 0. The van der Waals surface area contributed by atoms with Crippen LogP contribution in [0.25, 0.3) is 0 Å². The van der Waals surface area contributed by atoms with Crippen molar-refractivity contribution in [3.8, 4) is 0 Å². The first-order valence-electron chi connectivity index (χ1n) is 5.73. The van der Waals surface area contributed by atoms with Gasteiger partial charge in [0.2, 0.25) is 0 Å². The summed E-state index contributed by atoms with van der Waals surface area (Å²) >= 11 is 0. The molecule has 1 aliphatic heterocycles. The van der Waals surface area contributed by atoms with Gasteiger partial charge in [0.25, 0.3) is 0 Å². The van der Waals surface area contributed by atoms with Crippen LogP contribution in [-0.2, 0) is 4.74 Å². The summed E-state index contributed by atoms with van der Waals surface area (Å²) < 4.78 is 5.04. The smallest absolute Gasteiger partial charge is 0.409 e. The van der Waals surface area contributed by atoms with Gasteiger partial charge < -0.3 is 9.64 Å². The molecular formula is C11H21NO2. The van der Waals surface area contributed by atoms with Gasteiger partial charge in [-0.25, -0.2) is 4.79 Å². The average molecular weight is 199 g/mol. The van der Waals surface area contributed by atoms with Crippen LogP contribution in [0.15, 0.2) is 0 Å². The number of hydrogen-bond donors (Lipinski definition) is 0. The molecule has 1 fully saturated rings. The second-order valence-corrected chi connectivity index (χ2v) is 3.83. The summed E-state index contributed by atoms with van der Waals surface area (Å²) in [5.74, 6) is 0. The maximum absolute atomic E-state index is 11.6. The second-order valence-electron chi connectivity index (χ2n) is 3.83. The van der Waals surface area contributed by atoms with Crippen molar-refractivity contribution in [1.82, 2.24) is 4.90 Å². The Kier molecular flexibility index (Phi) is 4.77. The summed E-state index contributed by atoms with van der Waals surface area (Å²) in [4.78, 5) is 13.5. The van der Waals surface area contributed by atoms with Gasteiger partial charge >= 0.3 is 6.09 Å². The molecule has 1 aliphatic rings. The van der Waals surface area contributed by atoms with E-state index in [0.717, 1.165) is 32.2 Å². The molecule has 82 valence electrons. The van der Waals surface area contributed by atoms with Crippen molar-refractivity contribution in [3.63, 3.8) is 0 Å². The Bertz CT molecular complexity index is 180. The van der Waals surface area contributed by atoms with E-state index in [1.807, 2.05) is 11.8 Å². The first-order chi connectivity index (χ1) is 6.79. The number of piperidine rings is 1. The third-order valence-corrected chi connectivity index (χ3v) is 2.75. The fourth-order valence-electron chi connectivity index (χ4n) is 2.08. The Labute approximate surface area is 86.4 Å². The predicted octanol–water partition coefficient (Wildman–Crippen LogP) is 2.80. The van der Waals surface area contributed by atoms with Gasteiger partial charge in [-0.3, -0.25) is 0 Å². The van der Waals surface area contributed by atoms with Crippen LogP contribution in [0.1, 0.15) is 46.0 Å². The van der Waals surface area contributed by atoms with Crippen LogP contribution < -0.4 is 0 Å². The molecule has 0 bridgehead atoms. The SMILES string of the molecule is CCCC1CCCCN1C(=O)OCC. The fourth-order valence-corrected chi connectivity index (χ4v) is 2.08. The maximum Gasteiger partial charge on any atom is 0.409 e. The lowest BCUT2D eigenvalue weighted by Gasteiger charge is -2.34. The molecule has 0 aromatic rings. The molecule has 1 heterocycles. The molecule has 1 amide bonds. The number of ether oxygens (including phenoxy) is 1. The van der Waals surface area contributed by atoms with E-state index in [0.29, 0.717) is 12.6 Å². The standard InChI is InChI=1S/C11H21NO2/c1-3-7-10-8-5-6-9-12(10)11(13)14-4-2/h10H,3-9H2,1-2H3. The molecule has 0 aliphatic carbocycles. The lowest BCUT2D eigenvalue weighted by atomic mass is 9.99. The number of carbonyl (C=O) groups is 1. The summed E-state index contributed by atoms with van der Waals surface area (Å²) in [5, 5.41) is 0. The van der Waals surface area contributed by atoms with Crippen molar-refractivity contribution in [3.05, 3.63) is 0 Å². The van der Waals surface area contributed by atoms with Crippen molar-refractivity contribution in [2.45, 2.75) is 52.0 Å². The molecule has 0 N–H and O–H groups in total. The Hall–Kier alpha value is -0.730. The van der Waals surface area contributed by atoms with E-state index < -0.39 is 0 Å². The molecule has 3 heteroatoms. The van der Waals surface area contributed by atoms with Gasteiger partial charge in [0.05, 0.1) is 6.61 Å². The second kappa shape index (κ2) is 5.89. The van der Waals surface area contributed by atoms with Crippen molar-refractivity contribution in [2.75, 3.05) is 13.2 Å². The Morgan fingerprint density at radius 3 is 2.86 bits per heavy atom.